The summed E-state index contributed by atoms with van der Waals surface area (Å²) in [6.07, 6.45) is 1.57. The highest BCUT2D eigenvalue weighted by molar-refractivity contribution is 7.89. The average molecular weight is 414 g/mol. The van der Waals surface area contributed by atoms with Crippen molar-refractivity contribution in [3.05, 3.63) is 53.0 Å². The van der Waals surface area contributed by atoms with E-state index in [1.54, 1.807) is 40.8 Å². The zero-order chi connectivity index (χ0) is 19.5. The number of sulfonamides is 1. The van der Waals surface area contributed by atoms with E-state index in [4.69, 9.17) is 0 Å². The van der Waals surface area contributed by atoms with Gasteiger partial charge in [0.2, 0.25) is 15.9 Å². The number of fused-ring (bicyclic) bond motifs is 2. The number of anilines is 1. The van der Waals surface area contributed by atoms with E-state index in [9.17, 15) is 13.2 Å². The largest absolute Gasteiger partial charge is 0.325 e. The maximum atomic E-state index is 13.4. The minimum atomic E-state index is -3.68. The van der Waals surface area contributed by atoms with Crippen LogP contribution in [-0.2, 0) is 14.8 Å². The van der Waals surface area contributed by atoms with Crippen LogP contribution in [0.1, 0.15) is 42.3 Å². The van der Waals surface area contributed by atoms with Gasteiger partial charge >= 0.3 is 0 Å². The molecule has 5 rings (SSSR count). The molecule has 1 N–H and O–H groups in total. The lowest BCUT2D eigenvalue weighted by Crippen LogP contribution is -2.30. The molecule has 0 saturated carbocycles. The molecule has 2 aliphatic heterocycles. The van der Waals surface area contributed by atoms with Crippen LogP contribution < -0.4 is 5.32 Å². The normalized spacial score (nSPS) is 22.5. The molecular weight excluding hydrogens is 394 g/mol. The number of carbonyl (C=O) groups is 1. The predicted octanol–water partition coefficient (Wildman–Crippen LogP) is 3.88. The van der Waals surface area contributed by atoms with Gasteiger partial charge in [0.25, 0.3) is 0 Å². The number of hydrogen-bond acceptors (Lipinski definition) is 5. The standard InChI is InChI=1S/C20H19N3O3S2/c1-12-14-11-13(8-9-15(14)21-19(12)24)28(25,26)23-10-4-6-17(23)20-22-16-5-2-3-7-18(16)27-20/h2-3,5,7-9,11-12,17H,4,6,10H2,1H3,(H,21,24)/t12-,17-/m1/s1. The van der Waals surface area contributed by atoms with Crippen LogP contribution in [0.15, 0.2) is 47.4 Å². The van der Waals surface area contributed by atoms with E-state index in [0.717, 1.165) is 33.6 Å². The van der Waals surface area contributed by atoms with E-state index in [1.807, 2.05) is 24.3 Å². The second-order valence-corrected chi connectivity index (χ2v) is 10.2. The Morgan fingerprint density at radius 2 is 2.04 bits per heavy atom. The number of hydrogen-bond donors (Lipinski definition) is 1. The van der Waals surface area contributed by atoms with Crippen molar-refractivity contribution in [2.45, 2.75) is 36.6 Å². The first kappa shape index (κ1) is 17.8. The molecule has 3 heterocycles. The first-order valence-corrected chi connectivity index (χ1v) is 11.5. The number of benzene rings is 2. The van der Waals surface area contributed by atoms with Crippen LogP contribution in [0.3, 0.4) is 0 Å². The SMILES string of the molecule is C[C@H]1C(=O)Nc2ccc(S(=O)(=O)N3CCC[C@@H]3c3nc4ccccc4s3)cc21. The lowest BCUT2D eigenvalue weighted by atomic mass is 10.0. The second kappa shape index (κ2) is 6.37. The van der Waals surface area contributed by atoms with E-state index in [1.165, 1.54) is 0 Å². The van der Waals surface area contributed by atoms with Crippen LogP contribution in [0.25, 0.3) is 10.2 Å². The van der Waals surface area contributed by atoms with E-state index in [0.29, 0.717) is 12.2 Å². The molecular formula is C20H19N3O3S2. The first-order valence-electron chi connectivity index (χ1n) is 9.27. The number of carbonyl (C=O) groups excluding carboxylic acids is 1. The Morgan fingerprint density at radius 3 is 2.86 bits per heavy atom. The zero-order valence-corrected chi connectivity index (χ0v) is 16.9. The number of nitrogens with one attached hydrogen (secondary N) is 1. The van der Waals surface area contributed by atoms with Gasteiger partial charge in [-0.05, 0) is 55.7 Å². The third-order valence-electron chi connectivity index (χ3n) is 5.55. The Bertz CT molecular complexity index is 1170. The molecule has 1 saturated heterocycles. The first-order chi connectivity index (χ1) is 13.4. The van der Waals surface area contributed by atoms with E-state index in [2.05, 4.69) is 10.3 Å². The molecule has 0 spiro atoms. The van der Waals surface area contributed by atoms with Crippen LogP contribution in [0, 0.1) is 0 Å². The van der Waals surface area contributed by atoms with E-state index in [-0.39, 0.29) is 22.8 Å². The third-order valence-corrected chi connectivity index (χ3v) is 8.59. The number of para-hydroxylation sites is 1. The van der Waals surface area contributed by atoms with Gasteiger partial charge in [0.1, 0.15) is 5.01 Å². The average Bonchev–Trinajstić information content (AvgIpc) is 3.39. The summed E-state index contributed by atoms with van der Waals surface area (Å²) in [6, 6.07) is 12.5. The van der Waals surface area contributed by atoms with Gasteiger partial charge in [0, 0.05) is 12.2 Å². The summed E-state index contributed by atoms with van der Waals surface area (Å²) < 4.78 is 29.5. The molecule has 2 aromatic carbocycles. The lowest BCUT2D eigenvalue weighted by Gasteiger charge is -2.23. The van der Waals surface area contributed by atoms with E-state index >= 15 is 0 Å². The van der Waals surface area contributed by atoms with Gasteiger partial charge in [-0.2, -0.15) is 4.31 Å². The lowest BCUT2D eigenvalue weighted by molar-refractivity contribution is -0.116. The molecule has 3 aromatic rings. The van der Waals surface area contributed by atoms with Crippen LogP contribution in [0.4, 0.5) is 5.69 Å². The summed E-state index contributed by atoms with van der Waals surface area (Å²) in [5.41, 5.74) is 2.34. The molecule has 8 heteroatoms. The molecule has 0 bridgehead atoms. The summed E-state index contributed by atoms with van der Waals surface area (Å²) in [5, 5.41) is 3.63. The van der Waals surface area contributed by atoms with Crippen molar-refractivity contribution in [2.24, 2.45) is 0 Å². The molecule has 0 aliphatic carbocycles. The predicted molar refractivity (Wildman–Crippen MR) is 109 cm³/mol. The quantitative estimate of drug-likeness (QED) is 0.707. The van der Waals surface area contributed by atoms with Crippen LogP contribution in [0.2, 0.25) is 0 Å². The van der Waals surface area contributed by atoms with Gasteiger partial charge in [-0.1, -0.05) is 12.1 Å². The molecule has 144 valence electrons. The highest BCUT2D eigenvalue weighted by atomic mass is 32.2. The highest BCUT2D eigenvalue weighted by Crippen LogP contribution is 2.41. The van der Waals surface area contributed by atoms with Crippen LogP contribution >= 0.6 is 11.3 Å². The minimum Gasteiger partial charge on any atom is -0.325 e. The fraction of sp³-hybridized carbons (Fsp3) is 0.300. The Labute approximate surface area is 167 Å². The minimum absolute atomic E-state index is 0.0990. The highest BCUT2D eigenvalue weighted by Gasteiger charge is 2.39. The van der Waals surface area contributed by atoms with Gasteiger partial charge in [0.15, 0.2) is 0 Å². The molecule has 6 nitrogen and oxygen atoms in total. The zero-order valence-electron chi connectivity index (χ0n) is 15.3. The number of nitrogens with zero attached hydrogens (tertiary/aromatic N) is 2. The molecule has 28 heavy (non-hydrogen) atoms. The fourth-order valence-corrected chi connectivity index (χ4v) is 6.88. The van der Waals surface area contributed by atoms with E-state index < -0.39 is 10.0 Å². The maximum absolute atomic E-state index is 13.4. The second-order valence-electron chi connectivity index (χ2n) is 7.25. The molecule has 2 aliphatic rings. The molecule has 0 unspecified atom stereocenters. The topological polar surface area (TPSA) is 79.4 Å². The van der Waals surface area contributed by atoms with Crippen molar-refractivity contribution in [2.75, 3.05) is 11.9 Å². The van der Waals surface area contributed by atoms with Crippen molar-refractivity contribution in [1.29, 1.82) is 0 Å². The van der Waals surface area contributed by atoms with Crippen LogP contribution in [-0.4, -0.2) is 30.2 Å². The van der Waals surface area contributed by atoms with Crippen molar-refractivity contribution >= 4 is 43.2 Å². The number of aromatic nitrogens is 1. The Morgan fingerprint density at radius 1 is 1.21 bits per heavy atom. The van der Waals surface area contributed by atoms with Crippen LogP contribution in [0.5, 0.6) is 0 Å². The molecule has 1 fully saturated rings. The Hall–Kier alpha value is -2.29. The van der Waals surface area contributed by atoms with Crippen molar-refractivity contribution < 1.29 is 13.2 Å². The molecule has 1 aromatic heterocycles. The van der Waals surface area contributed by atoms with Gasteiger partial charge in [-0.3, -0.25) is 4.79 Å². The van der Waals surface area contributed by atoms with Gasteiger partial charge in [-0.15, -0.1) is 11.3 Å². The Balaban J connectivity index is 1.53. The van der Waals surface area contributed by atoms with Gasteiger partial charge in [0.05, 0.1) is 27.1 Å². The fourth-order valence-electron chi connectivity index (χ4n) is 4.00. The summed E-state index contributed by atoms with van der Waals surface area (Å²) in [5.74, 6) is -0.443. The van der Waals surface area contributed by atoms with Gasteiger partial charge < -0.3 is 5.32 Å². The third kappa shape index (κ3) is 2.67. The summed E-state index contributed by atoms with van der Waals surface area (Å²) in [7, 11) is -3.68. The monoisotopic (exact) mass is 413 g/mol. The smallest absolute Gasteiger partial charge is 0.243 e. The van der Waals surface area contributed by atoms with Crippen molar-refractivity contribution in [3.63, 3.8) is 0 Å². The number of amides is 1. The summed E-state index contributed by atoms with van der Waals surface area (Å²) >= 11 is 1.56. The van der Waals surface area contributed by atoms with Crippen molar-refractivity contribution in [1.82, 2.24) is 9.29 Å². The summed E-state index contributed by atoms with van der Waals surface area (Å²) in [6.45, 7) is 2.27. The summed E-state index contributed by atoms with van der Waals surface area (Å²) in [4.78, 5) is 16.8. The number of rotatable bonds is 3. The number of thiazole rings is 1. The molecule has 2 atom stereocenters. The molecule has 0 radical (unpaired) electrons. The molecule has 1 amide bonds. The maximum Gasteiger partial charge on any atom is 0.243 e. The van der Waals surface area contributed by atoms with Gasteiger partial charge in [-0.25, -0.2) is 13.4 Å². The Kier molecular flexibility index (Phi) is 4.04. The van der Waals surface area contributed by atoms with Crippen molar-refractivity contribution in [3.8, 4) is 0 Å².